The lowest BCUT2D eigenvalue weighted by molar-refractivity contribution is 0.414. The summed E-state index contributed by atoms with van der Waals surface area (Å²) in [5.74, 6) is 2.82. The van der Waals surface area contributed by atoms with Crippen molar-refractivity contribution in [2.45, 2.75) is 11.1 Å². The number of aromatic nitrogens is 4. The molecule has 0 saturated heterocycles. The Kier molecular flexibility index (Phi) is 4.32. The molecule has 2 aromatic heterocycles. The Bertz CT molecular complexity index is 1360. The Hall–Kier alpha value is -3.51. The van der Waals surface area contributed by atoms with Crippen LogP contribution in [0.4, 0.5) is 0 Å². The van der Waals surface area contributed by atoms with E-state index in [2.05, 4.69) is 53.1 Å². The predicted molar refractivity (Wildman–Crippen MR) is 125 cm³/mol. The van der Waals surface area contributed by atoms with Crippen LogP contribution in [0, 0.1) is 0 Å². The van der Waals surface area contributed by atoms with Gasteiger partial charge in [0.05, 0.1) is 18.6 Å². The Morgan fingerprint density at radius 1 is 0.903 bits per heavy atom. The van der Waals surface area contributed by atoms with Gasteiger partial charge in [0.2, 0.25) is 0 Å². The zero-order chi connectivity index (χ0) is 20.8. The summed E-state index contributed by atoms with van der Waals surface area (Å²) in [5, 5.41) is 5.18. The first-order valence-corrected chi connectivity index (χ1v) is 11.2. The third kappa shape index (κ3) is 2.94. The van der Waals surface area contributed by atoms with Gasteiger partial charge in [-0.05, 0) is 29.8 Å². The minimum Gasteiger partial charge on any atom is -0.497 e. The van der Waals surface area contributed by atoms with Crippen molar-refractivity contribution in [3.05, 3.63) is 96.3 Å². The van der Waals surface area contributed by atoms with Crippen LogP contribution in [-0.4, -0.2) is 26.4 Å². The van der Waals surface area contributed by atoms with Crippen LogP contribution < -0.4 is 4.74 Å². The number of ether oxygens (including phenoxy) is 1. The molecule has 1 atom stereocenters. The van der Waals surface area contributed by atoms with Crippen LogP contribution in [-0.2, 0) is 5.75 Å². The number of methoxy groups -OCH3 is 1. The van der Waals surface area contributed by atoms with Gasteiger partial charge in [0.1, 0.15) is 28.2 Å². The first-order valence-electron chi connectivity index (χ1n) is 10.2. The van der Waals surface area contributed by atoms with Gasteiger partial charge in [-0.15, -0.1) is 11.8 Å². The van der Waals surface area contributed by atoms with Gasteiger partial charge in [-0.1, -0.05) is 60.7 Å². The molecule has 1 aliphatic heterocycles. The third-order valence-corrected chi connectivity index (χ3v) is 6.87. The van der Waals surface area contributed by atoms with Crippen molar-refractivity contribution in [2.75, 3.05) is 7.11 Å². The standard InChI is InChI=1S/C25H20N4OS/c1-30-20-14-12-18(13-15-20)25-28-21(16-31-25)26-24-23(28)22(17-8-4-2-5-9-17)27-29(24)19-10-6-3-7-11-19/h2-15,25H,16H2,1H3. The second-order valence-electron chi connectivity index (χ2n) is 7.47. The molecule has 0 saturated carbocycles. The Balaban J connectivity index is 1.59. The van der Waals surface area contributed by atoms with Crippen molar-refractivity contribution in [3.8, 4) is 22.7 Å². The highest BCUT2D eigenvalue weighted by molar-refractivity contribution is 7.99. The normalized spacial score (nSPS) is 15.3. The minimum absolute atomic E-state index is 0.154. The summed E-state index contributed by atoms with van der Waals surface area (Å²) < 4.78 is 9.68. The highest BCUT2D eigenvalue weighted by atomic mass is 32.2. The van der Waals surface area contributed by atoms with Gasteiger partial charge in [-0.2, -0.15) is 5.10 Å². The van der Waals surface area contributed by atoms with E-state index in [1.165, 1.54) is 5.56 Å². The molecule has 6 heteroatoms. The fourth-order valence-electron chi connectivity index (χ4n) is 4.16. The SMILES string of the molecule is COc1ccc(C2SCc3nc4c(c(-c5ccccc5)nn4-c4ccccc4)n32)cc1. The second-order valence-corrected chi connectivity index (χ2v) is 8.54. The maximum absolute atomic E-state index is 5.35. The van der Waals surface area contributed by atoms with E-state index >= 15 is 0 Å². The van der Waals surface area contributed by atoms with Crippen LogP contribution in [0.2, 0.25) is 0 Å². The number of nitrogens with zero attached hydrogens (tertiary/aromatic N) is 4. The molecule has 31 heavy (non-hydrogen) atoms. The number of thioether (sulfide) groups is 1. The predicted octanol–water partition coefficient (Wildman–Crippen LogP) is 5.69. The monoisotopic (exact) mass is 424 g/mol. The van der Waals surface area contributed by atoms with Gasteiger partial charge in [0.15, 0.2) is 5.65 Å². The molecular formula is C25H20N4OS. The molecule has 5 aromatic rings. The summed E-state index contributed by atoms with van der Waals surface area (Å²) in [6, 6.07) is 28.9. The van der Waals surface area contributed by atoms with Crippen LogP contribution in [0.3, 0.4) is 0 Å². The van der Waals surface area contributed by atoms with E-state index in [9.17, 15) is 0 Å². The lowest BCUT2D eigenvalue weighted by Crippen LogP contribution is -2.04. The van der Waals surface area contributed by atoms with E-state index in [1.807, 2.05) is 52.8 Å². The number of fused-ring (bicyclic) bond motifs is 3. The largest absolute Gasteiger partial charge is 0.497 e. The molecule has 0 radical (unpaired) electrons. The second kappa shape index (κ2) is 7.32. The summed E-state index contributed by atoms with van der Waals surface area (Å²) >= 11 is 1.89. The summed E-state index contributed by atoms with van der Waals surface area (Å²) in [4.78, 5) is 5.04. The molecule has 152 valence electrons. The molecule has 0 amide bonds. The third-order valence-electron chi connectivity index (χ3n) is 5.64. The van der Waals surface area contributed by atoms with Crippen LogP contribution >= 0.6 is 11.8 Å². The Morgan fingerprint density at radius 2 is 1.61 bits per heavy atom. The lowest BCUT2D eigenvalue weighted by atomic mass is 10.1. The average Bonchev–Trinajstić information content (AvgIpc) is 3.51. The molecule has 0 spiro atoms. The highest BCUT2D eigenvalue weighted by Gasteiger charge is 2.32. The van der Waals surface area contributed by atoms with Crippen LogP contribution in [0.5, 0.6) is 5.75 Å². The molecule has 1 aliphatic rings. The summed E-state index contributed by atoms with van der Waals surface area (Å²) in [5.41, 5.74) is 6.28. The Morgan fingerprint density at radius 3 is 2.32 bits per heavy atom. The van der Waals surface area contributed by atoms with Crippen molar-refractivity contribution in [2.24, 2.45) is 0 Å². The summed E-state index contributed by atoms with van der Waals surface area (Å²) in [7, 11) is 1.70. The van der Waals surface area contributed by atoms with Gasteiger partial charge >= 0.3 is 0 Å². The van der Waals surface area contributed by atoms with E-state index in [-0.39, 0.29) is 5.37 Å². The molecule has 3 heterocycles. The zero-order valence-electron chi connectivity index (χ0n) is 17.0. The molecule has 0 aliphatic carbocycles. The van der Waals surface area contributed by atoms with E-state index in [1.54, 1.807) is 7.11 Å². The first-order chi connectivity index (χ1) is 15.3. The van der Waals surface area contributed by atoms with Crippen molar-refractivity contribution in [3.63, 3.8) is 0 Å². The van der Waals surface area contributed by atoms with E-state index < -0.39 is 0 Å². The molecular weight excluding hydrogens is 404 g/mol. The zero-order valence-corrected chi connectivity index (χ0v) is 17.8. The van der Waals surface area contributed by atoms with Gasteiger partial charge in [-0.25, -0.2) is 9.67 Å². The van der Waals surface area contributed by atoms with Gasteiger partial charge < -0.3 is 9.30 Å². The fourth-order valence-corrected chi connectivity index (χ4v) is 5.40. The van der Waals surface area contributed by atoms with Crippen molar-refractivity contribution >= 4 is 22.9 Å². The van der Waals surface area contributed by atoms with Gasteiger partial charge in [0, 0.05) is 5.56 Å². The summed E-state index contributed by atoms with van der Waals surface area (Å²) in [6.45, 7) is 0. The van der Waals surface area contributed by atoms with Crippen molar-refractivity contribution in [1.29, 1.82) is 0 Å². The average molecular weight is 425 g/mol. The van der Waals surface area contributed by atoms with E-state index in [4.69, 9.17) is 14.8 Å². The minimum atomic E-state index is 0.154. The van der Waals surface area contributed by atoms with Gasteiger partial charge in [0.25, 0.3) is 0 Å². The molecule has 0 fully saturated rings. The van der Waals surface area contributed by atoms with Crippen LogP contribution in [0.25, 0.3) is 28.1 Å². The number of imidazole rings is 1. The van der Waals surface area contributed by atoms with Crippen molar-refractivity contribution < 1.29 is 4.74 Å². The fraction of sp³-hybridized carbons (Fsp3) is 0.120. The van der Waals surface area contributed by atoms with Crippen LogP contribution in [0.1, 0.15) is 16.8 Å². The molecule has 1 unspecified atom stereocenters. The first kappa shape index (κ1) is 18.3. The molecule has 3 aromatic carbocycles. The number of rotatable bonds is 4. The number of hydrogen-bond acceptors (Lipinski definition) is 4. The quantitative estimate of drug-likeness (QED) is 0.372. The number of benzene rings is 3. The maximum Gasteiger partial charge on any atom is 0.182 e. The smallest absolute Gasteiger partial charge is 0.182 e. The van der Waals surface area contributed by atoms with Gasteiger partial charge in [-0.3, -0.25) is 0 Å². The molecule has 5 nitrogen and oxygen atoms in total. The molecule has 6 rings (SSSR count). The van der Waals surface area contributed by atoms with E-state index in [0.717, 1.165) is 45.4 Å². The number of para-hydroxylation sites is 1. The number of hydrogen-bond donors (Lipinski definition) is 0. The lowest BCUT2D eigenvalue weighted by Gasteiger charge is -2.14. The molecule has 0 N–H and O–H groups in total. The van der Waals surface area contributed by atoms with E-state index in [0.29, 0.717) is 0 Å². The Labute approximate surface area is 184 Å². The van der Waals surface area contributed by atoms with Crippen LogP contribution in [0.15, 0.2) is 84.9 Å². The molecule has 0 bridgehead atoms. The summed E-state index contributed by atoms with van der Waals surface area (Å²) in [6.07, 6.45) is 0. The maximum atomic E-state index is 5.35. The topological polar surface area (TPSA) is 44.9 Å². The highest BCUT2D eigenvalue weighted by Crippen LogP contribution is 2.45. The van der Waals surface area contributed by atoms with Crippen molar-refractivity contribution in [1.82, 2.24) is 19.3 Å².